The lowest BCUT2D eigenvalue weighted by Crippen LogP contribution is -2.34. The van der Waals surface area contributed by atoms with Crippen molar-refractivity contribution < 1.29 is 9.53 Å². The molecule has 0 heterocycles. The number of carbonyl (C=O) groups is 1. The minimum Gasteiger partial charge on any atom is -0.497 e. The first-order valence-corrected chi connectivity index (χ1v) is 10.0. The van der Waals surface area contributed by atoms with Crippen molar-refractivity contribution in [2.75, 3.05) is 13.7 Å². The minimum atomic E-state index is -0.205. The Morgan fingerprint density at radius 1 is 0.931 bits per heavy atom. The highest BCUT2D eigenvalue weighted by atomic mass is 32.1. The molecule has 5 heteroatoms. The maximum absolute atomic E-state index is 12.4. The van der Waals surface area contributed by atoms with E-state index in [1.165, 1.54) is 15.4 Å². The van der Waals surface area contributed by atoms with Crippen molar-refractivity contribution in [3.8, 4) is 5.75 Å². The number of urea groups is 1. The maximum Gasteiger partial charge on any atom is 0.327 e. The average Bonchev–Trinajstić information content (AvgIpc) is 2.79. The normalized spacial score (nSPS) is 10.6. The third kappa shape index (κ3) is 6.03. The summed E-state index contributed by atoms with van der Waals surface area (Å²) in [6.07, 6.45) is 0.785. The van der Waals surface area contributed by atoms with E-state index in [1.54, 1.807) is 7.11 Å². The number of rotatable bonds is 8. The summed E-state index contributed by atoms with van der Waals surface area (Å²) in [6.45, 7) is 0.979. The summed E-state index contributed by atoms with van der Waals surface area (Å²) in [6, 6.07) is 28.2. The zero-order chi connectivity index (χ0) is 20.5. The number of carbonyl (C=O) groups excluding carboxylic acids is 1. The van der Waals surface area contributed by atoms with Crippen molar-refractivity contribution in [1.29, 1.82) is 0 Å². The molecule has 0 aliphatic rings. The van der Waals surface area contributed by atoms with E-state index in [0.717, 1.165) is 17.7 Å². The lowest BCUT2D eigenvalue weighted by molar-refractivity contribution is 0.225. The van der Waals surface area contributed by atoms with Crippen LogP contribution in [0.2, 0.25) is 0 Å². The van der Waals surface area contributed by atoms with Gasteiger partial charge in [-0.25, -0.2) is 4.79 Å². The van der Waals surface area contributed by atoms with Crippen molar-refractivity contribution >= 4 is 18.8 Å². The van der Waals surface area contributed by atoms with Crippen LogP contribution in [0.25, 0.3) is 0 Å². The molecular formula is C24H26N2O2S. The van der Waals surface area contributed by atoms with Gasteiger partial charge in [0.25, 0.3) is 0 Å². The first-order valence-electron chi connectivity index (χ1n) is 9.64. The summed E-state index contributed by atoms with van der Waals surface area (Å²) in [7, 11) is 1.63. The van der Waals surface area contributed by atoms with Crippen molar-refractivity contribution in [3.05, 3.63) is 102 Å². The van der Waals surface area contributed by atoms with Gasteiger partial charge in [0.15, 0.2) is 0 Å². The smallest absolute Gasteiger partial charge is 0.327 e. The maximum atomic E-state index is 12.4. The molecule has 0 saturated heterocycles. The van der Waals surface area contributed by atoms with Crippen LogP contribution in [0.3, 0.4) is 0 Å². The van der Waals surface area contributed by atoms with E-state index in [1.807, 2.05) is 60.7 Å². The van der Waals surface area contributed by atoms with Crippen LogP contribution in [-0.4, -0.2) is 24.0 Å². The summed E-state index contributed by atoms with van der Waals surface area (Å²) in [4.78, 5) is 12.4. The van der Waals surface area contributed by atoms with Gasteiger partial charge in [0.2, 0.25) is 0 Å². The van der Waals surface area contributed by atoms with Crippen LogP contribution in [-0.2, 0) is 6.54 Å². The zero-order valence-corrected chi connectivity index (χ0v) is 17.4. The van der Waals surface area contributed by atoms with E-state index < -0.39 is 0 Å². The SMILES string of the molecule is COc1ccc(CNC(=O)N(S)CCC(c2ccccc2)c2ccccc2)cc1. The Morgan fingerprint density at radius 2 is 1.48 bits per heavy atom. The van der Waals surface area contributed by atoms with E-state index in [9.17, 15) is 4.79 Å². The van der Waals surface area contributed by atoms with Crippen LogP contribution in [0.15, 0.2) is 84.9 Å². The number of hydrogen-bond donors (Lipinski definition) is 2. The fraction of sp³-hybridized carbons (Fsp3) is 0.208. The van der Waals surface area contributed by atoms with Gasteiger partial charge in [-0.2, -0.15) is 0 Å². The number of amides is 2. The number of nitrogens with zero attached hydrogens (tertiary/aromatic N) is 1. The van der Waals surface area contributed by atoms with Crippen molar-refractivity contribution in [3.63, 3.8) is 0 Å². The Labute approximate surface area is 178 Å². The molecule has 3 aromatic rings. The van der Waals surface area contributed by atoms with Crippen LogP contribution in [0.4, 0.5) is 4.79 Å². The second-order valence-electron chi connectivity index (χ2n) is 6.79. The number of hydrogen-bond acceptors (Lipinski definition) is 3. The predicted molar refractivity (Wildman–Crippen MR) is 120 cm³/mol. The Balaban J connectivity index is 1.57. The predicted octanol–water partition coefficient (Wildman–Crippen LogP) is 5.27. The molecule has 0 saturated carbocycles. The highest BCUT2D eigenvalue weighted by Crippen LogP contribution is 2.28. The molecule has 4 nitrogen and oxygen atoms in total. The topological polar surface area (TPSA) is 41.6 Å². The molecule has 3 aromatic carbocycles. The van der Waals surface area contributed by atoms with Crippen LogP contribution in [0.1, 0.15) is 29.0 Å². The molecule has 3 rings (SSSR count). The fourth-order valence-corrected chi connectivity index (χ4v) is 3.45. The van der Waals surface area contributed by atoms with Gasteiger partial charge < -0.3 is 10.1 Å². The molecular weight excluding hydrogens is 380 g/mol. The van der Waals surface area contributed by atoms with Crippen LogP contribution in [0, 0.1) is 0 Å². The quantitative estimate of drug-likeness (QED) is 0.500. The molecule has 0 aliphatic heterocycles. The molecule has 0 unspecified atom stereocenters. The number of nitrogens with one attached hydrogen (secondary N) is 1. The van der Waals surface area contributed by atoms with Gasteiger partial charge in [-0.3, -0.25) is 4.31 Å². The molecule has 0 fully saturated rings. The third-order valence-corrected chi connectivity index (χ3v) is 5.25. The minimum absolute atomic E-state index is 0.205. The standard InChI is InChI=1S/C24H26N2O2S/c1-28-22-14-12-19(13-15-22)18-25-24(27)26(29)17-16-23(20-8-4-2-5-9-20)21-10-6-3-7-11-21/h2-15,23,29H,16-18H2,1H3,(H,25,27). The second kappa shape index (κ2) is 10.6. The average molecular weight is 407 g/mol. The second-order valence-corrected chi connectivity index (χ2v) is 7.28. The third-order valence-electron chi connectivity index (χ3n) is 4.87. The van der Waals surface area contributed by atoms with Gasteiger partial charge in [-0.1, -0.05) is 85.6 Å². The first-order chi connectivity index (χ1) is 14.2. The first kappa shape index (κ1) is 20.8. The Bertz CT molecular complexity index is 846. The molecule has 0 atom stereocenters. The van der Waals surface area contributed by atoms with Gasteiger partial charge in [-0.05, 0) is 35.2 Å². The Morgan fingerprint density at radius 3 is 2.00 bits per heavy atom. The van der Waals surface area contributed by atoms with Gasteiger partial charge >= 0.3 is 6.03 Å². The van der Waals surface area contributed by atoms with Crippen LogP contribution < -0.4 is 10.1 Å². The highest BCUT2D eigenvalue weighted by molar-refractivity contribution is 7.78. The molecule has 150 valence electrons. The molecule has 2 amide bonds. The largest absolute Gasteiger partial charge is 0.497 e. The molecule has 0 aliphatic carbocycles. The van der Waals surface area contributed by atoms with Gasteiger partial charge in [-0.15, -0.1) is 0 Å². The van der Waals surface area contributed by atoms with E-state index in [2.05, 4.69) is 42.4 Å². The van der Waals surface area contributed by atoms with Crippen LogP contribution >= 0.6 is 12.8 Å². The van der Waals surface area contributed by atoms with Crippen molar-refractivity contribution in [2.24, 2.45) is 0 Å². The van der Waals surface area contributed by atoms with Crippen LogP contribution in [0.5, 0.6) is 5.75 Å². The summed E-state index contributed by atoms with van der Waals surface area (Å²) in [5.41, 5.74) is 3.48. The summed E-state index contributed by atoms with van der Waals surface area (Å²) in [5.74, 6) is 1.00. The number of thiol groups is 1. The molecule has 0 spiro atoms. The lowest BCUT2D eigenvalue weighted by atomic mass is 9.88. The van der Waals surface area contributed by atoms with Gasteiger partial charge in [0, 0.05) is 19.0 Å². The van der Waals surface area contributed by atoms with Gasteiger partial charge in [0.05, 0.1) is 7.11 Å². The van der Waals surface area contributed by atoms with Crippen molar-refractivity contribution in [1.82, 2.24) is 9.62 Å². The monoisotopic (exact) mass is 406 g/mol. The number of ether oxygens (including phenoxy) is 1. The Kier molecular flexibility index (Phi) is 7.59. The summed E-state index contributed by atoms with van der Waals surface area (Å²) in [5, 5.41) is 2.91. The molecule has 0 aromatic heterocycles. The molecule has 1 N–H and O–H groups in total. The summed E-state index contributed by atoms with van der Waals surface area (Å²) >= 11 is 4.40. The van der Waals surface area contributed by atoms with Gasteiger partial charge in [0.1, 0.15) is 5.75 Å². The molecule has 0 radical (unpaired) electrons. The van der Waals surface area contributed by atoms with E-state index in [4.69, 9.17) is 4.74 Å². The fourth-order valence-electron chi connectivity index (χ4n) is 3.26. The molecule has 29 heavy (non-hydrogen) atoms. The highest BCUT2D eigenvalue weighted by Gasteiger charge is 2.17. The Hall–Kier alpha value is -2.92. The summed E-state index contributed by atoms with van der Waals surface area (Å²) < 4.78 is 6.60. The van der Waals surface area contributed by atoms with Crippen molar-refractivity contribution in [2.45, 2.75) is 18.9 Å². The molecule has 0 bridgehead atoms. The number of benzene rings is 3. The van der Waals surface area contributed by atoms with E-state index in [-0.39, 0.29) is 11.9 Å². The lowest BCUT2D eigenvalue weighted by Gasteiger charge is -2.22. The number of methoxy groups -OCH3 is 1. The zero-order valence-electron chi connectivity index (χ0n) is 16.5. The van der Waals surface area contributed by atoms with E-state index >= 15 is 0 Å². The van der Waals surface area contributed by atoms with E-state index in [0.29, 0.717) is 13.1 Å².